The number of nitrogens with zero attached hydrogens (tertiary/aromatic N) is 1. The molecule has 2 aromatic rings. The summed E-state index contributed by atoms with van der Waals surface area (Å²) >= 11 is 0. The molecule has 1 aliphatic heterocycles. The summed E-state index contributed by atoms with van der Waals surface area (Å²) in [6.45, 7) is 1.11. The van der Waals surface area contributed by atoms with E-state index in [0.29, 0.717) is 23.7 Å². The molecular weight excluding hydrogens is 336 g/mol. The van der Waals surface area contributed by atoms with E-state index in [-0.39, 0.29) is 19.2 Å². The molecule has 0 radical (unpaired) electrons. The van der Waals surface area contributed by atoms with Crippen LogP contribution in [0.25, 0.3) is 0 Å². The molecule has 1 heterocycles. The van der Waals surface area contributed by atoms with Gasteiger partial charge >= 0.3 is 0 Å². The number of rotatable bonds is 7. The van der Waals surface area contributed by atoms with Crippen LogP contribution in [0.3, 0.4) is 0 Å². The van der Waals surface area contributed by atoms with Crippen molar-refractivity contribution in [2.75, 3.05) is 39.9 Å². The van der Waals surface area contributed by atoms with Gasteiger partial charge in [-0.2, -0.15) is 0 Å². The zero-order valence-electron chi connectivity index (χ0n) is 15.1. The largest absolute Gasteiger partial charge is 0.497 e. The molecule has 1 amide bonds. The molecule has 7 nitrogen and oxygen atoms in total. The van der Waals surface area contributed by atoms with Gasteiger partial charge in [-0.3, -0.25) is 9.69 Å². The number of anilines is 1. The molecule has 26 heavy (non-hydrogen) atoms. The number of fused-ring (bicyclic) bond motifs is 1. The first-order chi connectivity index (χ1) is 12.6. The first-order valence-corrected chi connectivity index (χ1v) is 8.17. The fourth-order valence-corrected chi connectivity index (χ4v) is 2.73. The van der Waals surface area contributed by atoms with Crippen LogP contribution in [0, 0.1) is 0 Å². The molecule has 0 spiro atoms. The van der Waals surface area contributed by atoms with E-state index in [9.17, 15) is 4.79 Å². The summed E-state index contributed by atoms with van der Waals surface area (Å²) in [6, 6.07) is 11.0. The number of likely N-dealkylation sites (N-methyl/N-ethyl adjacent to an activating group) is 1. The summed E-state index contributed by atoms with van der Waals surface area (Å²) < 4.78 is 21.1. The average molecular weight is 358 g/mol. The molecule has 0 saturated carbocycles. The van der Waals surface area contributed by atoms with E-state index in [1.807, 2.05) is 30.1 Å². The average Bonchev–Trinajstić information content (AvgIpc) is 3.08. The highest BCUT2D eigenvalue weighted by Gasteiger charge is 2.15. The number of hydrogen-bond donors (Lipinski definition) is 1. The number of carbonyl (C=O) groups is 1. The number of hydrogen-bond acceptors (Lipinski definition) is 6. The van der Waals surface area contributed by atoms with E-state index in [1.54, 1.807) is 32.4 Å². The second-order valence-corrected chi connectivity index (χ2v) is 6.01. The van der Waals surface area contributed by atoms with Crippen molar-refractivity contribution in [3.05, 3.63) is 42.0 Å². The number of amides is 1. The molecule has 0 fully saturated rings. The lowest BCUT2D eigenvalue weighted by Crippen LogP contribution is -2.29. The summed E-state index contributed by atoms with van der Waals surface area (Å²) in [5.41, 5.74) is 1.68. The summed E-state index contributed by atoms with van der Waals surface area (Å²) in [6.07, 6.45) is 0. The zero-order chi connectivity index (χ0) is 18.5. The van der Waals surface area contributed by atoms with Gasteiger partial charge < -0.3 is 24.3 Å². The fraction of sp³-hybridized carbons (Fsp3) is 0.316. The Morgan fingerprint density at radius 1 is 1.08 bits per heavy atom. The van der Waals surface area contributed by atoms with Gasteiger partial charge in [0.1, 0.15) is 11.5 Å². The molecule has 0 aliphatic carbocycles. The molecule has 2 aromatic carbocycles. The standard InChI is InChI=1S/C19H22N2O5/c1-21(10-13-4-5-17-18(6-13)26-12-25-17)11-19(22)20-14-7-15(23-2)9-16(8-14)24-3/h4-9H,10-12H2,1-3H3,(H,20,22). The highest BCUT2D eigenvalue weighted by molar-refractivity contribution is 5.92. The Morgan fingerprint density at radius 3 is 2.46 bits per heavy atom. The third-order valence-corrected chi connectivity index (χ3v) is 3.94. The van der Waals surface area contributed by atoms with Gasteiger partial charge in [-0.25, -0.2) is 0 Å². The van der Waals surface area contributed by atoms with Crippen molar-refractivity contribution in [1.82, 2.24) is 4.90 Å². The van der Waals surface area contributed by atoms with Crippen molar-refractivity contribution in [3.8, 4) is 23.0 Å². The van der Waals surface area contributed by atoms with Crippen molar-refractivity contribution in [2.24, 2.45) is 0 Å². The molecule has 0 atom stereocenters. The quantitative estimate of drug-likeness (QED) is 0.820. The minimum absolute atomic E-state index is 0.122. The minimum atomic E-state index is -0.122. The van der Waals surface area contributed by atoms with Gasteiger partial charge in [-0.1, -0.05) is 6.07 Å². The first kappa shape index (κ1) is 17.9. The highest BCUT2D eigenvalue weighted by Crippen LogP contribution is 2.32. The van der Waals surface area contributed by atoms with E-state index >= 15 is 0 Å². The van der Waals surface area contributed by atoms with Crippen LogP contribution in [0.2, 0.25) is 0 Å². The SMILES string of the molecule is COc1cc(NC(=O)CN(C)Cc2ccc3c(c2)OCO3)cc(OC)c1. The van der Waals surface area contributed by atoms with Gasteiger partial charge in [0.25, 0.3) is 0 Å². The summed E-state index contributed by atoms with van der Waals surface area (Å²) in [5, 5.41) is 2.86. The first-order valence-electron chi connectivity index (χ1n) is 8.17. The van der Waals surface area contributed by atoms with Crippen molar-refractivity contribution in [2.45, 2.75) is 6.54 Å². The molecule has 0 saturated heterocycles. The normalized spacial score (nSPS) is 12.2. The van der Waals surface area contributed by atoms with Gasteiger partial charge in [0.15, 0.2) is 11.5 Å². The third-order valence-electron chi connectivity index (χ3n) is 3.94. The number of benzene rings is 2. The van der Waals surface area contributed by atoms with Crippen LogP contribution in [0.5, 0.6) is 23.0 Å². The fourth-order valence-electron chi connectivity index (χ4n) is 2.73. The van der Waals surface area contributed by atoms with Crippen LogP contribution in [0.4, 0.5) is 5.69 Å². The van der Waals surface area contributed by atoms with Crippen molar-refractivity contribution in [1.29, 1.82) is 0 Å². The smallest absolute Gasteiger partial charge is 0.238 e. The Morgan fingerprint density at radius 2 is 1.77 bits per heavy atom. The van der Waals surface area contributed by atoms with E-state index in [0.717, 1.165) is 17.1 Å². The predicted octanol–water partition coefficient (Wildman–Crippen LogP) is 2.50. The molecule has 0 bridgehead atoms. The number of ether oxygens (including phenoxy) is 4. The molecule has 0 aromatic heterocycles. The molecular formula is C19H22N2O5. The molecule has 0 unspecified atom stereocenters. The monoisotopic (exact) mass is 358 g/mol. The lowest BCUT2D eigenvalue weighted by Gasteiger charge is -2.17. The van der Waals surface area contributed by atoms with Crippen molar-refractivity contribution < 1.29 is 23.7 Å². The lowest BCUT2D eigenvalue weighted by atomic mass is 10.2. The summed E-state index contributed by atoms with van der Waals surface area (Å²) in [5.74, 6) is 2.61. The summed E-state index contributed by atoms with van der Waals surface area (Å²) in [7, 11) is 5.02. The van der Waals surface area contributed by atoms with Gasteiger partial charge in [0, 0.05) is 30.4 Å². The maximum atomic E-state index is 12.3. The summed E-state index contributed by atoms with van der Waals surface area (Å²) in [4.78, 5) is 14.2. The molecule has 1 N–H and O–H groups in total. The number of carbonyl (C=O) groups excluding carboxylic acids is 1. The maximum Gasteiger partial charge on any atom is 0.238 e. The highest BCUT2D eigenvalue weighted by atomic mass is 16.7. The Labute approximate surface area is 152 Å². The Hall–Kier alpha value is -2.93. The van der Waals surface area contributed by atoms with Crippen molar-refractivity contribution >= 4 is 11.6 Å². The molecule has 3 rings (SSSR count). The molecule has 1 aliphatic rings. The number of nitrogens with one attached hydrogen (secondary N) is 1. The van der Waals surface area contributed by atoms with Crippen LogP contribution in [-0.4, -0.2) is 45.4 Å². The second kappa shape index (κ2) is 7.97. The van der Waals surface area contributed by atoms with Crippen molar-refractivity contribution in [3.63, 3.8) is 0 Å². The molecule has 7 heteroatoms. The van der Waals surface area contributed by atoms with Gasteiger partial charge in [0.05, 0.1) is 20.8 Å². The van der Waals surface area contributed by atoms with Gasteiger partial charge in [0.2, 0.25) is 12.7 Å². The Kier molecular flexibility index (Phi) is 5.48. The topological polar surface area (TPSA) is 69.3 Å². The van der Waals surface area contributed by atoms with Crippen LogP contribution >= 0.6 is 0 Å². The second-order valence-electron chi connectivity index (χ2n) is 6.01. The Bertz CT molecular complexity index is 771. The van der Waals surface area contributed by atoms with Gasteiger partial charge in [-0.05, 0) is 24.7 Å². The van der Waals surface area contributed by atoms with Crippen LogP contribution < -0.4 is 24.3 Å². The number of methoxy groups -OCH3 is 2. The van der Waals surface area contributed by atoms with E-state index in [4.69, 9.17) is 18.9 Å². The van der Waals surface area contributed by atoms with Crippen LogP contribution in [-0.2, 0) is 11.3 Å². The predicted molar refractivity (Wildman–Crippen MR) is 97.1 cm³/mol. The van der Waals surface area contributed by atoms with E-state index in [2.05, 4.69) is 5.32 Å². The van der Waals surface area contributed by atoms with E-state index < -0.39 is 0 Å². The zero-order valence-corrected chi connectivity index (χ0v) is 15.1. The third kappa shape index (κ3) is 4.37. The van der Waals surface area contributed by atoms with Gasteiger partial charge in [-0.15, -0.1) is 0 Å². The van der Waals surface area contributed by atoms with Crippen LogP contribution in [0.15, 0.2) is 36.4 Å². The van der Waals surface area contributed by atoms with E-state index in [1.165, 1.54) is 0 Å². The molecule has 138 valence electrons. The lowest BCUT2D eigenvalue weighted by molar-refractivity contribution is -0.117. The maximum absolute atomic E-state index is 12.3. The minimum Gasteiger partial charge on any atom is -0.497 e. The Balaban J connectivity index is 1.57. The van der Waals surface area contributed by atoms with Crippen LogP contribution in [0.1, 0.15) is 5.56 Å².